The average Bonchev–Trinajstić information content (AvgIpc) is 2.46. The van der Waals surface area contributed by atoms with E-state index in [0.29, 0.717) is 13.0 Å². The molecule has 0 aliphatic heterocycles. The van der Waals surface area contributed by atoms with Crippen LogP contribution in [-0.2, 0) is 17.6 Å². The highest BCUT2D eigenvalue weighted by Gasteiger charge is 2.06. The van der Waals surface area contributed by atoms with Gasteiger partial charge in [-0.15, -0.1) is 0 Å². The Kier molecular flexibility index (Phi) is 5.17. The topological polar surface area (TPSA) is 58.6 Å². The van der Waals surface area contributed by atoms with Crippen LogP contribution in [0.5, 0.6) is 5.75 Å². The van der Waals surface area contributed by atoms with Crippen LogP contribution in [-0.4, -0.2) is 31.3 Å². The molecule has 2 aromatic rings. The minimum absolute atomic E-state index is 0.0246. The quantitative estimate of drug-likeness (QED) is 0.855. The zero-order valence-corrected chi connectivity index (χ0v) is 12.5. The van der Waals surface area contributed by atoms with Crippen LogP contribution in [0, 0.1) is 0 Å². The van der Waals surface area contributed by atoms with Gasteiger partial charge < -0.3 is 15.2 Å². The smallest absolute Gasteiger partial charge is 0.216 e. The maximum Gasteiger partial charge on any atom is 0.216 e. The zero-order valence-electron chi connectivity index (χ0n) is 12.5. The Morgan fingerprint density at radius 3 is 2.71 bits per heavy atom. The fraction of sp³-hybridized carbons (Fsp3) is 0.353. The van der Waals surface area contributed by atoms with E-state index < -0.39 is 0 Å². The predicted molar refractivity (Wildman–Crippen MR) is 83.7 cm³/mol. The Balaban J connectivity index is 2.38. The second kappa shape index (κ2) is 7.09. The Morgan fingerprint density at radius 1 is 1.24 bits per heavy atom. The van der Waals surface area contributed by atoms with Crippen molar-refractivity contribution in [2.75, 3.05) is 20.3 Å². The first-order chi connectivity index (χ1) is 10.1. The van der Waals surface area contributed by atoms with Crippen molar-refractivity contribution < 1.29 is 14.6 Å². The van der Waals surface area contributed by atoms with Crippen LogP contribution in [0.4, 0.5) is 0 Å². The third-order valence-corrected chi connectivity index (χ3v) is 3.48. The van der Waals surface area contributed by atoms with Gasteiger partial charge in [-0.05, 0) is 46.9 Å². The molecular formula is C17H21NO3. The van der Waals surface area contributed by atoms with Gasteiger partial charge in [-0.25, -0.2) is 0 Å². The molecule has 0 unspecified atom stereocenters. The van der Waals surface area contributed by atoms with Crippen molar-refractivity contribution in [1.82, 2.24) is 5.32 Å². The van der Waals surface area contributed by atoms with Crippen LogP contribution < -0.4 is 10.1 Å². The number of rotatable bonds is 6. The minimum atomic E-state index is -0.0246. The monoisotopic (exact) mass is 287 g/mol. The highest BCUT2D eigenvalue weighted by molar-refractivity contribution is 5.88. The average molecular weight is 287 g/mol. The van der Waals surface area contributed by atoms with Crippen molar-refractivity contribution in [2.24, 2.45) is 0 Å². The van der Waals surface area contributed by atoms with Crippen LogP contribution in [0.25, 0.3) is 10.8 Å². The maximum atomic E-state index is 11.0. The summed E-state index contributed by atoms with van der Waals surface area (Å²) in [5.74, 6) is 0.793. The van der Waals surface area contributed by atoms with E-state index in [1.54, 1.807) is 7.11 Å². The summed E-state index contributed by atoms with van der Waals surface area (Å²) in [6.07, 6.45) is 1.39. The van der Waals surface area contributed by atoms with Crippen LogP contribution in [0.15, 0.2) is 30.3 Å². The lowest BCUT2D eigenvalue weighted by Gasteiger charge is -2.12. The van der Waals surface area contributed by atoms with E-state index in [4.69, 9.17) is 9.84 Å². The van der Waals surface area contributed by atoms with Gasteiger partial charge in [0.25, 0.3) is 0 Å². The minimum Gasteiger partial charge on any atom is -0.497 e. The third-order valence-electron chi connectivity index (χ3n) is 3.48. The van der Waals surface area contributed by atoms with Gasteiger partial charge in [0, 0.05) is 20.1 Å². The van der Waals surface area contributed by atoms with Gasteiger partial charge in [0.2, 0.25) is 5.91 Å². The van der Waals surface area contributed by atoms with Crippen LogP contribution in [0.1, 0.15) is 18.1 Å². The number of aliphatic hydroxyl groups excluding tert-OH is 1. The molecule has 0 saturated carbocycles. The molecule has 0 aromatic heterocycles. The summed E-state index contributed by atoms with van der Waals surface area (Å²) in [5.41, 5.74) is 2.26. The zero-order chi connectivity index (χ0) is 15.2. The number of fused-ring (bicyclic) bond motifs is 1. The molecule has 4 nitrogen and oxygen atoms in total. The molecule has 0 bridgehead atoms. The van der Waals surface area contributed by atoms with E-state index in [1.807, 2.05) is 18.2 Å². The van der Waals surface area contributed by atoms with E-state index in [1.165, 1.54) is 6.92 Å². The first-order valence-corrected chi connectivity index (χ1v) is 7.09. The van der Waals surface area contributed by atoms with E-state index in [-0.39, 0.29) is 12.5 Å². The first kappa shape index (κ1) is 15.3. The van der Waals surface area contributed by atoms with Crippen LogP contribution in [0.2, 0.25) is 0 Å². The van der Waals surface area contributed by atoms with Gasteiger partial charge in [-0.2, -0.15) is 0 Å². The lowest BCUT2D eigenvalue weighted by atomic mass is 9.97. The molecule has 21 heavy (non-hydrogen) atoms. The summed E-state index contributed by atoms with van der Waals surface area (Å²) in [6.45, 7) is 2.25. The number of ether oxygens (including phenoxy) is 1. The van der Waals surface area contributed by atoms with Gasteiger partial charge in [-0.3, -0.25) is 4.79 Å². The van der Waals surface area contributed by atoms with Gasteiger partial charge in [0.1, 0.15) is 5.75 Å². The number of aliphatic hydroxyl groups is 1. The Labute approximate surface area is 124 Å². The molecule has 4 heteroatoms. The molecule has 1 amide bonds. The molecule has 2 rings (SSSR count). The second-order valence-corrected chi connectivity index (χ2v) is 5.05. The first-order valence-electron chi connectivity index (χ1n) is 7.09. The maximum absolute atomic E-state index is 11.0. The molecule has 2 N–H and O–H groups in total. The van der Waals surface area contributed by atoms with Crippen molar-refractivity contribution in [3.8, 4) is 5.75 Å². The van der Waals surface area contributed by atoms with Crippen molar-refractivity contribution in [1.29, 1.82) is 0 Å². The standard InChI is InChI=1S/C17H21NO3/c1-12(20)18-7-5-15-10-13(6-8-19)9-14-3-4-16(21-2)11-17(14)15/h3-4,9-11,19H,5-8H2,1-2H3,(H,18,20). The fourth-order valence-corrected chi connectivity index (χ4v) is 2.46. The molecule has 0 aliphatic carbocycles. The van der Waals surface area contributed by atoms with Crippen molar-refractivity contribution in [2.45, 2.75) is 19.8 Å². The Hall–Kier alpha value is -2.07. The van der Waals surface area contributed by atoms with Crippen LogP contribution >= 0.6 is 0 Å². The molecule has 0 radical (unpaired) electrons. The molecule has 0 spiro atoms. The lowest BCUT2D eigenvalue weighted by molar-refractivity contribution is -0.118. The Morgan fingerprint density at radius 2 is 2.05 bits per heavy atom. The molecule has 0 fully saturated rings. The van der Waals surface area contributed by atoms with Gasteiger partial charge >= 0.3 is 0 Å². The number of hydrogen-bond donors (Lipinski definition) is 2. The largest absolute Gasteiger partial charge is 0.497 e. The number of carbonyl (C=O) groups excluding carboxylic acids is 1. The van der Waals surface area contributed by atoms with E-state index in [9.17, 15) is 4.79 Å². The highest BCUT2D eigenvalue weighted by Crippen LogP contribution is 2.26. The third kappa shape index (κ3) is 3.95. The van der Waals surface area contributed by atoms with Gasteiger partial charge in [-0.1, -0.05) is 18.2 Å². The number of benzene rings is 2. The number of carbonyl (C=O) groups is 1. The Bertz CT molecular complexity index is 637. The summed E-state index contributed by atoms with van der Waals surface area (Å²) in [7, 11) is 1.65. The normalized spacial score (nSPS) is 10.6. The number of nitrogens with one attached hydrogen (secondary N) is 1. The van der Waals surface area contributed by atoms with Gasteiger partial charge in [0.15, 0.2) is 0 Å². The van der Waals surface area contributed by atoms with Crippen molar-refractivity contribution >= 4 is 16.7 Å². The van der Waals surface area contributed by atoms with E-state index in [0.717, 1.165) is 34.1 Å². The second-order valence-electron chi connectivity index (χ2n) is 5.05. The summed E-state index contributed by atoms with van der Waals surface area (Å²) in [4.78, 5) is 11.0. The van der Waals surface area contributed by atoms with Crippen molar-refractivity contribution in [3.05, 3.63) is 41.5 Å². The summed E-state index contributed by atoms with van der Waals surface area (Å²) in [6, 6.07) is 10.2. The van der Waals surface area contributed by atoms with Crippen LogP contribution in [0.3, 0.4) is 0 Å². The summed E-state index contributed by atoms with van der Waals surface area (Å²) < 4.78 is 5.29. The van der Waals surface area contributed by atoms with Crippen molar-refractivity contribution in [3.63, 3.8) is 0 Å². The molecule has 0 heterocycles. The van der Waals surface area contributed by atoms with E-state index in [2.05, 4.69) is 17.4 Å². The predicted octanol–water partition coefficient (Wildman–Crippen LogP) is 2.06. The molecular weight excluding hydrogens is 266 g/mol. The molecule has 0 aliphatic rings. The molecule has 2 aromatic carbocycles. The van der Waals surface area contributed by atoms with Gasteiger partial charge in [0.05, 0.1) is 7.11 Å². The number of methoxy groups -OCH3 is 1. The lowest BCUT2D eigenvalue weighted by Crippen LogP contribution is -2.22. The summed E-state index contributed by atoms with van der Waals surface area (Å²) in [5, 5.41) is 14.2. The fourth-order valence-electron chi connectivity index (χ4n) is 2.46. The SMILES string of the molecule is COc1ccc2cc(CCO)cc(CCNC(C)=O)c2c1. The number of hydrogen-bond acceptors (Lipinski definition) is 3. The summed E-state index contributed by atoms with van der Waals surface area (Å²) >= 11 is 0. The number of amides is 1. The molecule has 0 saturated heterocycles. The highest BCUT2D eigenvalue weighted by atomic mass is 16.5. The van der Waals surface area contributed by atoms with E-state index >= 15 is 0 Å². The molecule has 112 valence electrons. The molecule has 0 atom stereocenters.